The second-order valence-corrected chi connectivity index (χ2v) is 6.25. The highest BCUT2D eigenvalue weighted by molar-refractivity contribution is 6.31. The molecule has 24 heavy (non-hydrogen) atoms. The molecule has 0 atom stereocenters. The Labute approximate surface area is 146 Å². The Bertz CT molecular complexity index is 771. The summed E-state index contributed by atoms with van der Waals surface area (Å²) in [6.45, 7) is 2.70. The maximum Gasteiger partial charge on any atom is 0.257 e. The van der Waals surface area contributed by atoms with E-state index >= 15 is 0 Å². The first-order valence-electron chi connectivity index (χ1n) is 8.08. The lowest BCUT2D eigenvalue weighted by atomic mass is 10.1. The fraction of sp³-hybridized carbons (Fsp3) is 0.263. The van der Waals surface area contributed by atoms with Crippen molar-refractivity contribution in [1.29, 1.82) is 0 Å². The molecule has 0 unspecified atom stereocenters. The molecule has 0 aliphatic carbocycles. The molecule has 2 aromatic carbocycles. The van der Waals surface area contributed by atoms with Crippen LogP contribution < -0.4 is 10.2 Å². The quantitative estimate of drug-likeness (QED) is 0.901. The first kappa shape index (κ1) is 16.5. The van der Waals surface area contributed by atoms with Gasteiger partial charge in [0.25, 0.3) is 5.91 Å². The van der Waals surface area contributed by atoms with Crippen LogP contribution in [0.3, 0.4) is 0 Å². The molecule has 2 aromatic rings. The zero-order valence-electron chi connectivity index (χ0n) is 13.5. The minimum absolute atomic E-state index is 0.0265. The highest BCUT2D eigenvalue weighted by Gasteiger charge is 2.26. The van der Waals surface area contributed by atoms with Crippen LogP contribution in [0.15, 0.2) is 42.5 Å². The third kappa shape index (κ3) is 3.44. The van der Waals surface area contributed by atoms with Crippen LogP contribution in [-0.2, 0) is 11.2 Å². The fourth-order valence-electron chi connectivity index (χ4n) is 2.85. The molecule has 1 saturated heterocycles. The first-order valence-corrected chi connectivity index (χ1v) is 8.46. The molecule has 2 amide bonds. The van der Waals surface area contributed by atoms with Crippen LogP contribution >= 0.6 is 11.6 Å². The summed E-state index contributed by atoms with van der Waals surface area (Å²) < 4.78 is 0. The van der Waals surface area contributed by atoms with Gasteiger partial charge < -0.3 is 10.2 Å². The van der Waals surface area contributed by atoms with Crippen molar-refractivity contribution < 1.29 is 9.59 Å². The number of rotatable bonds is 4. The summed E-state index contributed by atoms with van der Waals surface area (Å²) in [6.07, 6.45) is 2.25. The van der Waals surface area contributed by atoms with Crippen molar-refractivity contribution in [3.63, 3.8) is 0 Å². The van der Waals surface area contributed by atoms with E-state index in [1.165, 1.54) is 5.56 Å². The molecule has 3 rings (SSSR count). The highest BCUT2D eigenvalue weighted by Crippen LogP contribution is 2.29. The van der Waals surface area contributed by atoms with Crippen molar-refractivity contribution in [1.82, 2.24) is 0 Å². The molecule has 5 heteroatoms. The molecule has 0 radical (unpaired) electrons. The second-order valence-electron chi connectivity index (χ2n) is 5.82. The van der Waals surface area contributed by atoms with Gasteiger partial charge in [0.2, 0.25) is 5.91 Å². The monoisotopic (exact) mass is 342 g/mol. The van der Waals surface area contributed by atoms with Crippen molar-refractivity contribution in [3.05, 3.63) is 58.6 Å². The Kier molecular flexibility index (Phi) is 4.86. The zero-order chi connectivity index (χ0) is 17.1. The summed E-state index contributed by atoms with van der Waals surface area (Å²) in [5.41, 5.74) is 2.97. The normalized spacial score (nSPS) is 14.1. The predicted molar refractivity (Wildman–Crippen MR) is 96.8 cm³/mol. The van der Waals surface area contributed by atoms with Crippen molar-refractivity contribution in [3.8, 4) is 0 Å². The van der Waals surface area contributed by atoms with Crippen molar-refractivity contribution in [2.45, 2.75) is 26.2 Å². The van der Waals surface area contributed by atoms with Gasteiger partial charge in [-0.15, -0.1) is 0 Å². The van der Waals surface area contributed by atoms with Gasteiger partial charge in [-0.05, 0) is 48.7 Å². The topological polar surface area (TPSA) is 49.4 Å². The fourth-order valence-corrected chi connectivity index (χ4v) is 3.01. The summed E-state index contributed by atoms with van der Waals surface area (Å²) >= 11 is 6.07. The number of amides is 2. The largest absolute Gasteiger partial charge is 0.322 e. The smallest absolute Gasteiger partial charge is 0.257 e. The van der Waals surface area contributed by atoms with Crippen LogP contribution in [0.5, 0.6) is 0 Å². The molecule has 1 heterocycles. The number of carbonyl (C=O) groups excluding carboxylic acids is 2. The minimum atomic E-state index is -0.245. The lowest BCUT2D eigenvalue weighted by Gasteiger charge is -2.19. The number of nitrogens with one attached hydrogen (secondary N) is 1. The van der Waals surface area contributed by atoms with Crippen molar-refractivity contribution in [2.24, 2.45) is 0 Å². The van der Waals surface area contributed by atoms with E-state index in [4.69, 9.17) is 11.6 Å². The van der Waals surface area contributed by atoms with E-state index in [1.54, 1.807) is 23.1 Å². The van der Waals surface area contributed by atoms with Crippen LogP contribution in [0.25, 0.3) is 0 Å². The van der Waals surface area contributed by atoms with Crippen molar-refractivity contribution >= 4 is 34.8 Å². The van der Waals surface area contributed by atoms with Gasteiger partial charge in [-0.2, -0.15) is 0 Å². The van der Waals surface area contributed by atoms with Gasteiger partial charge in [-0.25, -0.2) is 0 Å². The van der Waals surface area contributed by atoms with Gasteiger partial charge in [0.15, 0.2) is 0 Å². The number of aryl methyl sites for hydroxylation is 1. The van der Waals surface area contributed by atoms with Crippen molar-refractivity contribution in [2.75, 3.05) is 16.8 Å². The summed E-state index contributed by atoms with van der Waals surface area (Å²) in [7, 11) is 0. The number of carbonyl (C=O) groups is 2. The molecule has 1 aliphatic rings. The van der Waals surface area contributed by atoms with Crippen LogP contribution in [0.1, 0.15) is 35.7 Å². The number of hydrogen-bond donors (Lipinski definition) is 1. The molecule has 1 fully saturated rings. The van der Waals surface area contributed by atoms with Gasteiger partial charge in [-0.1, -0.05) is 30.7 Å². The molecular weight excluding hydrogens is 324 g/mol. The van der Waals surface area contributed by atoms with Gasteiger partial charge in [0.05, 0.1) is 11.3 Å². The Hall–Kier alpha value is -2.33. The van der Waals surface area contributed by atoms with E-state index in [2.05, 4.69) is 12.2 Å². The molecule has 1 aliphatic heterocycles. The summed E-state index contributed by atoms with van der Waals surface area (Å²) in [5, 5.41) is 3.40. The zero-order valence-corrected chi connectivity index (χ0v) is 14.3. The predicted octanol–water partition coefficient (Wildman–Crippen LogP) is 4.28. The minimum Gasteiger partial charge on any atom is -0.322 e. The Morgan fingerprint density at radius 1 is 1.21 bits per heavy atom. The van der Waals surface area contributed by atoms with E-state index in [1.807, 2.05) is 24.3 Å². The molecule has 0 saturated carbocycles. The SMILES string of the molecule is CCc1ccc(NC(=O)c2ccc(Cl)cc2N2CCCC2=O)cc1. The Balaban J connectivity index is 1.87. The standard InChI is InChI=1S/C19H19ClN2O2/c1-2-13-5-8-15(9-6-13)21-19(24)16-10-7-14(20)12-17(16)22-11-3-4-18(22)23/h5-10,12H,2-4,11H2,1H3,(H,21,24). The highest BCUT2D eigenvalue weighted by atomic mass is 35.5. The summed E-state index contributed by atoms with van der Waals surface area (Å²) in [4.78, 5) is 26.4. The van der Waals surface area contributed by atoms with Gasteiger partial charge in [0.1, 0.15) is 0 Å². The van der Waals surface area contributed by atoms with Crippen LogP contribution in [-0.4, -0.2) is 18.4 Å². The van der Waals surface area contributed by atoms with Gasteiger partial charge in [0, 0.05) is 23.7 Å². The average molecular weight is 343 g/mol. The molecule has 0 bridgehead atoms. The lowest BCUT2D eigenvalue weighted by molar-refractivity contribution is -0.117. The molecular formula is C19H19ClN2O2. The number of nitrogens with zero attached hydrogens (tertiary/aromatic N) is 1. The summed E-state index contributed by atoms with van der Waals surface area (Å²) in [6, 6.07) is 12.8. The summed E-state index contributed by atoms with van der Waals surface area (Å²) in [5.74, 6) is -0.218. The van der Waals surface area contributed by atoms with Crippen LogP contribution in [0.2, 0.25) is 5.02 Å². The number of hydrogen-bond acceptors (Lipinski definition) is 2. The number of benzene rings is 2. The van der Waals surface area contributed by atoms with Crippen LogP contribution in [0.4, 0.5) is 11.4 Å². The Morgan fingerprint density at radius 2 is 1.96 bits per heavy atom. The van der Waals surface area contributed by atoms with E-state index in [-0.39, 0.29) is 11.8 Å². The van der Waals surface area contributed by atoms with E-state index in [0.717, 1.165) is 18.5 Å². The third-order valence-electron chi connectivity index (χ3n) is 4.19. The van der Waals surface area contributed by atoms with E-state index in [0.29, 0.717) is 29.2 Å². The van der Waals surface area contributed by atoms with E-state index < -0.39 is 0 Å². The average Bonchev–Trinajstić information content (AvgIpc) is 3.01. The molecule has 0 spiro atoms. The Morgan fingerprint density at radius 3 is 2.58 bits per heavy atom. The number of anilines is 2. The number of halogens is 1. The maximum absolute atomic E-state index is 12.7. The van der Waals surface area contributed by atoms with Gasteiger partial charge >= 0.3 is 0 Å². The second kappa shape index (κ2) is 7.05. The van der Waals surface area contributed by atoms with Crippen LogP contribution in [0, 0.1) is 0 Å². The maximum atomic E-state index is 12.7. The molecule has 0 aromatic heterocycles. The molecule has 4 nitrogen and oxygen atoms in total. The molecule has 1 N–H and O–H groups in total. The third-order valence-corrected chi connectivity index (χ3v) is 4.42. The lowest BCUT2D eigenvalue weighted by Crippen LogP contribution is -2.27. The molecule has 124 valence electrons. The van der Waals surface area contributed by atoms with E-state index in [9.17, 15) is 9.59 Å². The van der Waals surface area contributed by atoms with Gasteiger partial charge in [-0.3, -0.25) is 9.59 Å². The first-order chi connectivity index (χ1) is 11.6.